The van der Waals surface area contributed by atoms with E-state index in [1.54, 1.807) is 0 Å². The van der Waals surface area contributed by atoms with Gasteiger partial charge in [0.1, 0.15) is 0 Å². The lowest BCUT2D eigenvalue weighted by Crippen LogP contribution is -2.08. The third-order valence-corrected chi connectivity index (χ3v) is 11.3. The first kappa shape index (κ1) is 38.1. The van der Waals surface area contributed by atoms with E-state index >= 15 is 0 Å². The van der Waals surface area contributed by atoms with Crippen LogP contribution in [0.3, 0.4) is 0 Å². The maximum Gasteiger partial charge on any atom is 0.339 e. The van der Waals surface area contributed by atoms with Crippen molar-refractivity contribution in [2.75, 3.05) is 13.2 Å². The Morgan fingerprint density at radius 3 is 0.767 bits per heavy atom. The molecule has 0 saturated carbocycles. The molecule has 0 bridgehead atoms. The van der Waals surface area contributed by atoms with Gasteiger partial charge in [-0.1, -0.05) is 196 Å². The molecule has 0 aliphatic rings. The van der Waals surface area contributed by atoms with E-state index in [1.807, 2.05) is 121 Å². The smallest absolute Gasteiger partial charge is 0.339 e. The SMILES string of the molecule is CCCCOC(=O)c1c2ccccc2c(C#Cc2c3ccccc3c(C#Cc3c4ccccc4c(C(=O)OCCCC)c4ccccc34)c3ccccc23)c2ccccc12. The number of fused-ring (bicyclic) bond motifs is 6. The number of unbranched alkanes of at least 4 members (excludes halogenated alkanes) is 2. The molecule has 9 rings (SSSR count). The summed E-state index contributed by atoms with van der Waals surface area (Å²) < 4.78 is 11.6. The van der Waals surface area contributed by atoms with E-state index in [1.165, 1.54) is 0 Å². The van der Waals surface area contributed by atoms with Crippen molar-refractivity contribution in [2.24, 2.45) is 0 Å². The highest BCUT2D eigenvalue weighted by Gasteiger charge is 2.21. The Balaban J connectivity index is 1.24. The Hall–Kier alpha value is -7.40. The van der Waals surface area contributed by atoms with Crippen LogP contribution in [-0.4, -0.2) is 25.2 Å². The molecule has 0 aliphatic carbocycles. The van der Waals surface area contributed by atoms with Crippen molar-refractivity contribution in [3.05, 3.63) is 179 Å². The fourth-order valence-corrected chi connectivity index (χ4v) is 8.38. The molecule has 0 atom stereocenters. The molecule has 0 heterocycles. The van der Waals surface area contributed by atoms with Crippen LogP contribution in [0.1, 0.15) is 82.5 Å². The zero-order chi connectivity index (χ0) is 41.0. The molecule has 4 heteroatoms. The normalized spacial score (nSPS) is 11.1. The number of esters is 2. The Morgan fingerprint density at radius 2 is 0.550 bits per heavy atom. The van der Waals surface area contributed by atoms with Gasteiger partial charge >= 0.3 is 11.9 Å². The standard InChI is InChI=1S/C56H42O4/c1-3-5-35-59-55(57)53-49-27-15-11-23-41(49)47(42-24-12-16-28-50(42)53)33-31-45-37-19-7-9-21-39(37)46(40-22-10-8-20-38(40)45)32-34-48-43-25-13-17-29-51(43)54(56(58)60-36-6-4-2)52-30-18-14-26-44(48)52/h7-30H,3-6,35-36H2,1-2H3. The molecule has 0 unspecified atom stereocenters. The molecule has 0 spiro atoms. The summed E-state index contributed by atoms with van der Waals surface area (Å²) in [6.07, 6.45) is 3.52. The van der Waals surface area contributed by atoms with Gasteiger partial charge in [0.05, 0.1) is 24.3 Å². The van der Waals surface area contributed by atoms with Crippen molar-refractivity contribution < 1.29 is 19.1 Å². The summed E-state index contributed by atoms with van der Waals surface area (Å²) in [5.74, 6) is 13.9. The average molecular weight is 779 g/mol. The fourth-order valence-electron chi connectivity index (χ4n) is 8.38. The van der Waals surface area contributed by atoms with Gasteiger partial charge in [0.2, 0.25) is 0 Å². The van der Waals surface area contributed by atoms with Gasteiger partial charge in [-0.05, 0) is 77.5 Å². The average Bonchev–Trinajstić information content (AvgIpc) is 3.29. The molecule has 0 fully saturated rings. The largest absolute Gasteiger partial charge is 0.462 e. The number of hydrogen-bond acceptors (Lipinski definition) is 4. The molecule has 0 amide bonds. The van der Waals surface area contributed by atoms with E-state index in [2.05, 4.69) is 61.8 Å². The maximum atomic E-state index is 13.6. The third-order valence-electron chi connectivity index (χ3n) is 11.3. The van der Waals surface area contributed by atoms with Gasteiger partial charge in [0, 0.05) is 22.3 Å². The van der Waals surface area contributed by atoms with Gasteiger partial charge in [-0.15, -0.1) is 0 Å². The van der Waals surface area contributed by atoms with Gasteiger partial charge in [-0.2, -0.15) is 0 Å². The fraction of sp³-hybridized carbons (Fsp3) is 0.143. The monoisotopic (exact) mass is 778 g/mol. The maximum absolute atomic E-state index is 13.6. The van der Waals surface area contributed by atoms with E-state index < -0.39 is 0 Å². The first-order chi connectivity index (χ1) is 29.6. The van der Waals surface area contributed by atoms with Crippen molar-refractivity contribution in [3.8, 4) is 23.7 Å². The first-order valence-electron chi connectivity index (χ1n) is 20.8. The van der Waals surface area contributed by atoms with Crippen molar-refractivity contribution in [3.63, 3.8) is 0 Å². The number of carbonyl (C=O) groups excluding carboxylic acids is 2. The van der Waals surface area contributed by atoms with Gasteiger partial charge in [-0.3, -0.25) is 0 Å². The Morgan fingerprint density at radius 1 is 0.350 bits per heavy atom. The van der Waals surface area contributed by atoms with Crippen LogP contribution in [0.15, 0.2) is 146 Å². The summed E-state index contributed by atoms with van der Waals surface area (Å²) in [7, 11) is 0. The zero-order valence-corrected chi connectivity index (χ0v) is 33.7. The van der Waals surface area contributed by atoms with Crippen molar-refractivity contribution >= 4 is 76.6 Å². The molecule has 290 valence electrons. The van der Waals surface area contributed by atoms with E-state index in [0.29, 0.717) is 24.3 Å². The number of benzene rings is 9. The first-order valence-corrected chi connectivity index (χ1v) is 20.8. The minimum absolute atomic E-state index is 0.314. The summed E-state index contributed by atoms with van der Waals surface area (Å²) in [5, 5.41) is 10.9. The highest BCUT2D eigenvalue weighted by atomic mass is 16.5. The molecule has 60 heavy (non-hydrogen) atoms. The van der Waals surface area contributed by atoms with Crippen LogP contribution in [0.5, 0.6) is 0 Å². The van der Waals surface area contributed by atoms with Crippen LogP contribution in [0.25, 0.3) is 64.6 Å². The van der Waals surface area contributed by atoms with Crippen LogP contribution in [0.2, 0.25) is 0 Å². The Kier molecular flexibility index (Phi) is 10.7. The molecule has 0 N–H and O–H groups in total. The highest BCUT2D eigenvalue weighted by Crippen LogP contribution is 2.37. The summed E-state index contributed by atoms with van der Waals surface area (Å²) in [6, 6.07) is 48.6. The molecule has 9 aromatic carbocycles. The van der Waals surface area contributed by atoms with Crippen LogP contribution < -0.4 is 0 Å². The van der Waals surface area contributed by atoms with Gasteiger partial charge in [0.25, 0.3) is 0 Å². The van der Waals surface area contributed by atoms with E-state index in [9.17, 15) is 9.59 Å². The van der Waals surface area contributed by atoms with Crippen LogP contribution >= 0.6 is 0 Å². The van der Waals surface area contributed by atoms with Gasteiger partial charge in [0.15, 0.2) is 0 Å². The predicted molar refractivity (Wildman–Crippen MR) is 247 cm³/mol. The summed E-state index contributed by atoms with van der Waals surface area (Å²) >= 11 is 0. The molecular formula is C56H42O4. The van der Waals surface area contributed by atoms with Crippen LogP contribution in [0.4, 0.5) is 0 Å². The Labute approximate surface area is 349 Å². The molecular weight excluding hydrogens is 737 g/mol. The van der Waals surface area contributed by atoms with Crippen molar-refractivity contribution in [2.45, 2.75) is 39.5 Å². The van der Waals surface area contributed by atoms with E-state index in [4.69, 9.17) is 9.47 Å². The lowest BCUT2D eigenvalue weighted by atomic mass is 9.89. The lowest BCUT2D eigenvalue weighted by molar-refractivity contribution is 0.0495. The van der Waals surface area contributed by atoms with E-state index in [-0.39, 0.29) is 11.9 Å². The van der Waals surface area contributed by atoms with Crippen molar-refractivity contribution in [1.82, 2.24) is 0 Å². The second kappa shape index (κ2) is 16.8. The predicted octanol–water partition coefficient (Wildman–Crippen LogP) is 13.3. The second-order valence-electron chi connectivity index (χ2n) is 15.0. The third kappa shape index (κ3) is 6.87. The Bertz CT molecular complexity index is 2900. The highest BCUT2D eigenvalue weighted by molar-refractivity contribution is 6.21. The van der Waals surface area contributed by atoms with Crippen molar-refractivity contribution in [1.29, 1.82) is 0 Å². The molecule has 9 aromatic rings. The van der Waals surface area contributed by atoms with E-state index in [0.717, 1.165) is 113 Å². The summed E-state index contributed by atoms with van der Waals surface area (Å²) in [4.78, 5) is 27.3. The van der Waals surface area contributed by atoms with Gasteiger partial charge < -0.3 is 9.47 Å². The minimum Gasteiger partial charge on any atom is -0.462 e. The zero-order valence-electron chi connectivity index (χ0n) is 33.7. The minimum atomic E-state index is -0.314. The van der Waals surface area contributed by atoms with Crippen LogP contribution in [0, 0.1) is 23.7 Å². The van der Waals surface area contributed by atoms with Crippen LogP contribution in [-0.2, 0) is 9.47 Å². The number of ether oxygens (including phenoxy) is 2. The number of carbonyl (C=O) groups is 2. The second-order valence-corrected chi connectivity index (χ2v) is 15.0. The molecule has 0 radical (unpaired) electrons. The number of hydrogen-bond donors (Lipinski definition) is 0. The molecule has 4 nitrogen and oxygen atoms in total. The summed E-state index contributed by atoms with van der Waals surface area (Å²) in [5.41, 5.74) is 4.68. The van der Waals surface area contributed by atoms with Gasteiger partial charge in [-0.25, -0.2) is 9.59 Å². The topological polar surface area (TPSA) is 52.6 Å². The molecule has 0 aromatic heterocycles. The molecule has 0 saturated heterocycles. The summed E-state index contributed by atoms with van der Waals surface area (Å²) in [6.45, 7) is 4.93. The lowest BCUT2D eigenvalue weighted by Gasteiger charge is -2.14. The quantitative estimate of drug-likeness (QED) is 0.0667. The number of rotatable bonds is 8. The molecule has 0 aliphatic heterocycles.